The van der Waals surface area contributed by atoms with Gasteiger partial charge in [0.25, 0.3) is 0 Å². The minimum absolute atomic E-state index is 0.159. The minimum atomic E-state index is -0.896. The number of rotatable bonds is 7. The fraction of sp³-hybridized carbons (Fsp3) is 0.846. The van der Waals surface area contributed by atoms with E-state index in [2.05, 4.69) is 5.32 Å². The van der Waals surface area contributed by atoms with E-state index in [0.717, 1.165) is 0 Å². The van der Waals surface area contributed by atoms with E-state index in [0.29, 0.717) is 25.4 Å². The van der Waals surface area contributed by atoms with Crippen molar-refractivity contribution in [3.05, 3.63) is 0 Å². The molecule has 0 saturated carbocycles. The van der Waals surface area contributed by atoms with Gasteiger partial charge in [-0.15, -0.1) is 0 Å². The van der Waals surface area contributed by atoms with Crippen LogP contribution in [0.15, 0.2) is 0 Å². The second-order valence-electron chi connectivity index (χ2n) is 5.31. The highest BCUT2D eigenvalue weighted by molar-refractivity contribution is 5.77. The number of hydrogen-bond donors (Lipinski definition) is 2. The zero-order chi connectivity index (χ0) is 14.3. The van der Waals surface area contributed by atoms with Crippen molar-refractivity contribution in [3.8, 4) is 0 Å². The van der Waals surface area contributed by atoms with Crippen LogP contribution in [0.2, 0.25) is 0 Å². The molecule has 5 heteroatoms. The first-order chi connectivity index (χ1) is 8.26. The van der Waals surface area contributed by atoms with Crippen LogP contribution in [-0.4, -0.2) is 41.6 Å². The average molecular weight is 258 g/mol. The lowest BCUT2D eigenvalue weighted by Crippen LogP contribution is -2.47. The number of urea groups is 1. The predicted octanol–water partition coefficient (Wildman–Crippen LogP) is 2.17. The van der Waals surface area contributed by atoms with Gasteiger partial charge in [0.15, 0.2) is 0 Å². The Morgan fingerprint density at radius 2 is 1.89 bits per heavy atom. The second kappa shape index (κ2) is 7.24. The maximum absolute atomic E-state index is 11.9. The van der Waals surface area contributed by atoms with Gasteiger partial charge in [0.05, 0.1) is 5.41 Å². The molecular weight excluding hydrogens is 232 g/mol. The quantitative estimate of drug-likeness (QED) is 0.735. The number of hydrogen-bond acceptors (Lipinski definition) is 2. The molecule has 106 valence electrons. The zero-order valence-electron chi connectivity index (χ0n) is 12.1. The molecule has 2 amide bonds. The first-order valence-corrected chi connectivity index (χ1v) is 6.53. The number of amides is 2. The fourth-order valence-electron chi connectivity index (χ4n) is 1.53. The monoisotopic (exact) mass is 258 g/mol. The van der Waals surface area contributed by atoms with Crippen LogP contribution >= 0.6 is 0 Å². The Bertz CT molecular complexity index is 292. The van der Waals surface area contributed by atoms with Gasteiger partial charge in [0.1, 0.15) is 0 Å². The van der Waals surface area contributed by atoms with Gasteiger partial charge in [0.2, 0.25) is 0 Å². The van der Waals surface area contributed by atoms with Gasteiger partial charge in [0, 0.05) is 19.6 Å². The molecule has 0 radical (unpaired) electrons. The summed E-state index contributed by atoms with van der Waals surface area (Å²) in [5, 5.41) is 11.8. The molecule has 0 heterocycles. The summed E-state index contributed by atoms with van der Waals surface area (Å²) < 4.78 is 0. The summed E-state index contributed by atoms with van der Waals surface area (Å²) in [5.41, 5.74) is -0.896. The lowest BCUT2D eigenvalue weighted by molar-refractivity contribution is -0.147. The summed E-state index contributed by atoms with van der Waals surface area (Å²) in [6, 6.07) is -0.188. The van der Waals surface area contributed by atoms with Crippen molar-refractivity contribution in [2.45, 2.75) is 41.0 Å². The van der Waals surface area contributed by atoms with E-state index in [4.69, 9.17) is 5.11 Å². The van der Waals surface area contributed by atoms with E-state index in [9.17, 15) is 9.59 Å². The first kappa shape index (κ1) is 16.7. The highest BCUT2D eigenvalue weighted by atomic mass is 16.4. The lowest BCUT2D eigenvalue weighted by Gasteiger charge is -2.27. The van der Waals surface area contributed by atoms with E-state index >= 15 is 0 Å². The van der Waals surface area contributed by atoms with Crippen molar-refractivity contribution < 1.29 is 14.7 Å². The number of carbonyl (C=O) groups is 2. The first-order valence-electron chi connectivity index (χ1n) is 6.53. The number of carbonyl (C=O) groups excluding carboxylic acids is 1. The van der Waals surface area contributed by atoms with E-state index in [1.807, 2.05) is 27.7 Å². The molecule has 5 nitrogen and oxygen atoms in total. The molecule has 1 atom stereocenters. The Labute approximate surface area is 110 Å². The standard InChI is InChI=1S/C13H26N2O3/c1-6-13(5,11(16)17)9-14-12(18)15(7-2)8-10(3)4/h10H,6-9H2,1-5H3,(H,14,18)(H,16,17). The molecule has 0 aromatic carbocycles. The maximum Gasteiger partial charge on any atom is 0.317 e. The zero-order valence-corrected chi connectivity index (χ0v) is 12.1. The van der Waals surface area contributed by atoms with Crippen molar-refractivity contribution in [1.82, 2.24) is 10.2 Å². The van der Waals surface area contributed by atoms with Crippen molar-refractivity contribution in [2.24, 2.45) is 11.3 Å². The Morgan fingerprint density at radius 1 is 1.33 bits per heavy atom. The summed E-state index contributed by atoms with van der Waals surface area (Å²) >= 11 is 0. The van der Waals surface area contributed by atoms with Crippen LogP contribution < -0.4 is 5.32 Å². The summed E-state index contributed by atoms with van der Waals surface area (Å²) in [5.74, 6) is -0.482. The molecule has 0 fully saturated rings. The Hall–Kier alpha value is -1.26. The Kier molecular flexibility index (Phi) is 6.73. The van der Waals surface area contributed by atoms with Crippen molar-refractivity contribution >= 4 is 12.0 Å². The van der Waals surface area contributed by atoms with Crippen LogP contribution in [0.25, 0.3) is 0 Å². The van der Waals surface area contributed by atoms with Crippen molar-refractivity contribution in [3.63, 3.8) is 0 Å². The molecule has 2 N–H and O–H groups in total. The molecule has 0 aliphatic rings. The van der Waals surface area contributed by atoms with E-state index in [1.54, 1.807) is 11.8 Å². The smallest absolute Gasteiger partial charge is 0.317 e. The molecular formula is C13H26N2O3. The van der Waals surface area contributed by atoms with Crippen LogP contribution in [0.1, 0.15) is 41.0 Å². The maximum atomic E-state index is 11.9. The molecule has 0 aromatic heterocycles. The van der Waals surface area contributed by atoms with Gasteiger partial charge in [-0.05, 0) is 26.2 Å². The molecule has 0 aliphatic carbocycles. The highest BCUT2D eigenvalue weighted by Crippen LogP contribution is 2.19. The molecule has 18 heavy (non-hydrogen) atoms. The SMILES string of the molecule is CCN(CC(C)C)C(=O)NCC(C)(CC)C(=O)O. The average Bonchev–Trinajstić information content (AvgIpc) is 2.31. The number of aliphatic carboxylic acids is 1. The van der Waals surface area contributed by atoms with E-state index in [-0.39, 0.29) is 12.6 Å². The van der Waals surface area contributed by atoms with Gasteiger partial charge in [-0.25, -0.2) is 4.79 Å². The molecule has 1 unspecified atom stereocenters. The highest BCUT2D eigenvalue weighted by Gasteiger charge is 2.31. The van der Waals surface area contributed by atoms with Gasteiger partial charge >= 0.3 is 12.0 Å². The van der Waals surface area contributed by atoms with Gasteiger partial charge in [-0.2, -0.15) is 0 Å². The van der Waals surface area contributed by atoms with Crippen molar-refractivity contribution in [1.29, 1.82) is 0 Å². The van der Waals surface area contributed by atoms with Crippen molar-refractivity contribution in [2.75, 3.05) is 19.6 Å². The molecule has 0 spiro atoms. The topological polar surface area (TPSA) is 69.6 Å². The van der Waals surface area contributed by atoms with Gasteiger partial charge in [-0.3, -0.25) is 4.79 Å². The van der Waals surface area contributed by atoms with E-state index in [1.165, 1.54) is 0 Å². The van der Waals surface area contributed by atoms with Crippen LogP contribution in [0.4, 0.5) is 4.79 Å². The number of nitrogens with one attached hydrogen (secondary N) is 1. The van der Waals surface area contributed by atoms with Crippen LogP contribution in [-0.2, 0) is 4.79 Å². The Morgan fingerprint density at radius 3 is 2.22 bits per heavy atom. The van der Waals surface area contributed by atoms with Crippen LogP contribution in [0.5, 0.6) is 0 Å². The van der Waals surface area contributed by atoms with E-state index < -0.39 is 11.4 Å². The number of carboxylic acid groups (broad SMARTS) is 1. The van der Waals surface area contributed by atoms with Crippen LogP contribution in [0.3, 0.4) is 0 Å². The number of carboxylic acids is 1. The lowest BCUT2D eigenvalue weighted by atomic mass is 9.88. The summed E-state index contributed by atoms with van der Waals surface area (Å²) in [4.78, 5) is 24.7. The summed E-state index contributed by atoms with van der Waals surface area (Å²) in [7, 11) is 0. The molecule has 0 saturated heterocycles. The molecule has 0 bridgehead atoms. The van der Waals surface area contributed by atoms with Gasteiger partial charge in [-0.1, -0.05) is 20.8 Å². The van der Waals surface area contributed by atoms with Crippen LogP contribution in [0, 0.1) is 11.3 Å². The summed E-state index contributed by atoms with van der Waals surface area (Å²) in [6.45, 7) is 10.9. The largest absolute Gasteiger partial charge is 0.481 e. The third kappa shape index (κ3) is 4.94. The summed E-state index contributed by atoms with van der Waals surface area (Å²) in [6.07, 6.45) is 0.485. The minimum Gasteiger partial charge on any atom is -0.481 e. The Balaban J connectivity index is 4.43. The number of nitrogens with zero attached hydrogens (tertiary/aromatic N) is 1. The normalized spacial score (nSPS) is 14.1. The third-order valence-corrected chi connectivity index (χ3v) is 3.18. The molecule has 0 rings (SSSR count). The molecule has 0 aromatic rings. The molecule has 0 aliphatic heterocycles. The third-order valence-electron chi connectivity index (χ3n) is 3.18. The second-order valence-corrected chi connectivity index (χ2v) is 5.31. The van der Waals surface area contributed by atoms with Gasteiger partial charge < -0.3 is 15.3 Å². The predicted molar refractivity (Wildman–Crippen MR) is 71.5 cm³/mol. The fourth-order valence-corrected chi connectivity index (χ4v) is 1.53.